The van der Waals surface area contributed by atoms with Gasteiger partial charge in [-0.2, -0.15) is 0 Å². The highest BCUT2D eigenvalue weighted by molar-refractivity contribution is 5.36. The van der Waals surface area contributed by atoms with Gasteiger partial charge in [-0.15, -0.1) is 0 Å². The van der Waals surface area contributed by atoms with E-state index in [2.05, 4.69) is 39.0 Å². The van der Waals surface area contributed by atoms with E-state index >= 15 is 0 Å². The number of rotatable bonds is 3. The summed E-state index contributed by atoms with van der Waals surface area (Å²) in [4.78, 5) is 0. The van der Waals surface area contributed by atoms with E-state index in [-0.39, 0.29) is 0 Å². The molecule has 1 heteroatoms. The van der Waals surface area contributed by atoms with Crippen LogP contribution >= 0.6 is 0 Å². The molecule has 0 heterocycles. The molecule has 2 rings (SSSR count). The van der Waals surface area contributed by atoms with E-state index in [9.17, 15) is 0 Å². The number of hydrogen-bond donors (Lipinski definition) is 1. The van der Waals surface area contributed by atoms with E-state index in [0.717, 1.165) is 12.5 Å². The summed E-state index contributed by atoms with van der Waals surface area (Å²) in [6, 6.07) is 6.86. The molecule has 1 nitrogen and oxygen atoms in total. The quantitative estimate of drug-likeness (QED) is 0.826. The second-order valence-corrected chi connectivity index (χ2v) is 5.47. The summed E-state index contributed by atoms with van der Waals surface area (Å²) < 4.78 is 0. The Kier molecular flexibility index (Phi) is 3.07. The van der Waals surface area contributed by atoms with E-state index in [1.165, 1.54) is 36.0 Å². The summed E-state index contributed by atoms with van der Waals surface area (Å²) in [5.74, 6) is 0.894. The fourth-order valence-corrected chi connectivity index (χ4v) is 2.93. The van der Waals surface area contributed by atoms with E-state index in [1.54, 1.807) is 0 Å². The fraction of sp³-hybridized carbons (Fsp3) is 0.600. The Morgan fingerprint density at radius 2 is 1.94 bits per heavy atom. The molecule has 1 aromatic carbocycles. The first-order valence-electron chi connectivity index (χ1n) is 6.39. The lowest BCUT2D eigenvalue weighted by molar-refractivity contribution is 0.144. The largest absolute Gasteiger partial charge is 0.330 e. The number of hydrogen-bond acceptors (Lipinski definition) is 1. The van der Waals surface area contributed by atoms with Gasteiger partial charge < -0.3 is 5.73 Å². The standard InChI is InChI=1S/C15H23N/c1-4-13-8-15(9-13,10-16)14-6-5-11(2)12(3)7-14/h5-7,13H,4,8-10,16H2,1-3H3. The molecule has 0 spiro atoms. The molecule has 1 saturated carbocycles. The summed E-state index contributed by atoms with van der Waals surface area (Å²) in [7, 11) is 0. The molecule has 1 aromatic rings. The molecule has 2 N–H and O–H groups in total. The Bertz CT molecular complexity index is 375. The highest BCUT2D eigenvalue weighted by Crippen LogP contribution is 2.48. The second-order valence-electron chi connectivity index (χ2n) is 5.47. The molecule has 88 valence electrons. The average Bonchev–Trinajstić information content (AvgIpc) is 2.23. The average molecular weight is 217 g/mol. The van der Waals surface area contributed by atoms with Gasteiger partial charge in [0.15, 0.2) is 0 Å². The number of benzene rings is 1. The molecule has 0 radical (unpaired) electrons. The molecule has 0 aliphatic heterocycles. The predicted molar refractivity (Wildman–Crippen MR) is 69.7 cm³/mol. The van der Waals surface area contributed by atoms with Crippen LogP contribution in [-0.4, -0.2) is 6.54 Å². The number of nitrogens with two attached hydrogens (primary N) is 1. The van der Waals surface area contributed by atoms with Crippen molar-refractivity contribution >= 4 is 0 Å². The summed E-state index contributed by atoms with van der Waals surface area (Å²) in [5.41, 5.74) is 10.5. The zero-order valence-electron chi connectivity index (χ0n) is 10.7. The maximum absolute atomic E-state index is 6.01. The van der Waals surface area contributed by atoms with Gasteiger partial charge in [0, 0.05) is 12.0 Å². The van der Waals surface area contributed by atoms with E-state index in [4.69, 9.17) is 5.73 Å². The van der Waals surface area contributed by atoms with Gasteiger partial charge in [0.1, 0.15) is 0 Å². The van der Waals surface area contributed by atoms with Crippen LogP contribution in [0.1, 0.15) is 42.9 Å². The molecule has 16 heavy (non-hydrogen) atoms. The van der Waals surface area contributed by atoms with E-state index in [0.29, 0.717) is 5.41 Å². The van der Waals surface area contributed by atoms with Gasteiger partial charge in [-0.05, 0) is 49.3 Å². The van der Waals surface area contributed by atoms with Crippen molar-refractivity contribution in [3.05, 3.63) is 34.9 Å². The third-order valence-corrected chi connectivity index (χ3v) is 4.45. The minimum absolute atomic E-state index is 0.291. The van der Waals surface area contributed by atoms with Gasteiger partial charge >= 0.3 is 0 Å². The molecule has 1 fully saturated rings. The van der Waals surface area contributed by atoms with Crippen molar-refractivity contribution in [1.82, 2.24) is 0 Å². The van der Waals surface area contributed by atoms with Crippen LogP contribution in [0.3, 0.4) is 0 Å². The van der Waals surface area contributed by atoms with Crippen molar-refractivity contribution in [2.75, 3.05) is 6.54 Å². The van der Waals surface area contributed by atoms with Crippen LogP contribution < -0.4 is 5.73 Å². The molecule has 0 saturated heterocycles. The molecular formula is C15H23N. The molecule has 0 bridgehead atoms. The zero-order chi connectivity index (χ0) is 11.8. The number of aryl methyl sites for hydroxylation is 2. The smallest absolute Gasteiger partial charge is 0.00809 e. The van der Waals surface area contributed by atoms with E-state index in [1.807, 2.05) is 0 Å². The Balaban J connectivity index is 2.25. The van der Waals surface area contributed by atoms with Crippen molar-refractivity contribution in [1.29, 1.82) is 0 Å². The topological polar surface area (TPSA) is 26.0 Å². The Morgan fingerprint density at radius 3 is 2.44 bits per heavy atom. The third-order valence-electron chi connectivity index (χ3n) is 4.45. The van der Waals surface area contributed by atoms with Crippen LogP contribution in [0.25, 0.3) is 0 Å². The predicted octanol–water partition coefficient (Wildman–Crippen LogP) is 3.32. The maximum atomic E-state index is 6.01. The summed E-state index contributed by atoms with van der Waals surface area (Å²) >= 11 is 0. The van der Waals surface area contributed by atoms with Gasteiger partial charge in [-0.1, -0.05) is 31.5 Å². The van der Waals surface area contributed by atoms with Gasteiger partial charge in [0.2, 0.25) is 0 Å². The second kappa shape index (κ2) is 4.21. The highest BCUT2D eigenvalue weighted by Gasteiger charge is 2.43. The van der Waals surface area contributed by atoms with Crippen molar-refractivity contribution in [2.45, 2.75) is 45.4 Å². The highest BCUT2D eigenvalue weighted by atomic mass is 14.6. The summed E-state index contributed by atoms with van der Waals surface area (Å²) in [6.07, 6.45) is 3.86. The van der Waals surface area contributed by atoms with Gasteiger partial charge in [0.05, 0.1) is 0 Å². The minimum atomic E-state index is 0.291. The van der Waals surface area contributed by atoms with Crippen LogP contribution in [0.4, 0.5) is 0 Å². The normalized spacial score (nSPS) is 28.9. The first kappa shape index (κ1) is 11.7. The van der Waals surface area contributed by atoms with Crippen LogP contribution in [0, 0.1) is 19.8 Å². The lowest BCUT2D eigenvalue weighted by Crippen LogP contribution is -2.46. The summed E-state index contributed by atoms with van der Waals surface area (Å²) in [5, 5.41) is 0. The van der Waals surface area contributed by atoms with Crippen molar-refractivity contribution < 1.29 is 0 Å². The first-order valence-corrected chi connectivity index (χ1v) is 6.39. The molecular weight excluding hydrogens is 194 g/mol. The van der Waals surface area contributed by atoms with Crippen molar-refractivity contribution in [3.63, 3.8) is 0 Å². The zero-order valence-corrected chi connectivity index (χ0v) is 10.7. The first-order chi connectivity index (χ1) is 7.61. The van der Waals surface area contributed by atoms with Crippen molar-refractivity contribution in [3.8, 4) is 0 Å². The Labute approximate surface area is 99.0 Å². The lowest BCUT2D eigenvalue weighted by atomic mass is 9.58. The van der Waals surface area contributed by atoms with Crippen LogP contribution in [0.2, 0.25) is 0 Å². The molecule has 0 aromatic heterocycles. The monoisotopic (exact) mass is 217 g/mol. The molecule has 1 aliphatic carbocycles. The van der Waals surface area contributed by atoms with Crippen LogP contribution in [-0.2, 0) is 5.41 Å². The SMILES string of the molecule is CCC1CC(CN)(c2ccc(C)c(C)c2)C1. The molecule has 0 atom stereocenters. The lowest BCUT2D eigenvalue weighted by Gasteiger charge is -2.48. The molecule has 1 aliphatic rings. The summed E-state index contributed by atoms with van der Waals surface area (Å²) in [6.45, 7) is 7.44. The Morgan fingerprint density at radius 1 is 1.25 bits per heavy atom. The Hall–Kier alpha value is -0.820. The van der Waals surface area contributed by atoms with Gasteiger partial charge in [-0.3, -0.25) is 0 Å². The van der Waals surface area contributed by atoms with Crippen LogP contribution in [0.15, 0.2) is 18.2 Å². The van der Waals surface area contributed by atoms with Gasteiger partial charge in [-0.25, -0.2) is 0 Å². The van der Waals surface area contributed by atoms with E-state index < -0.39 is 0 Å². The molecule has 0 amide bonds. The fourth-order valence-electron chi connectivity index (χ4n) is 2.93. The van der Waals surface area contributed by atoms with Crippen LogP contribution in [0.5, 0.6) is 0 Å². The molecule has 0 unspecified atom stereocenters. The minimum Gasteiger partial charge on any atom is -0.330 e. The third kappa shape index (κ3) is 1.78. The van der Waals surface area contributed by atoms with Gasteiger partial charge in [0.25, 0.3) is 0 Å². The maximum Gasteiger partial charge on any atom is 0.00809 e. The van der Waals surface area contributed by atoms with Crippen molar-refractivity contribution in [2.24, 2.45) is 11.7 Å².